The van der Waals surface area contributed by atoms with Gasteiger partial charge in [-0.15, -0.1) is 0 Å². The van der Waals surface area contributed by atoms with Gasteiger partial charge < -0.3 is 10.6 Å². The Labute approximate surface area is 184 Å². The Hall–Kier alpha value is -3.34. The number of piperidine rings is 1. The van der Waals surface area contributed by atoms with Gasteiger partial charge in [-0.2, -0.15) is 9.67 Å². The monoisotopic (exact) mass is 439 g/mol. The summed E-state index contributed by atoms with van der Waals surface area (Å²) in [5.41, 5.74) is 0.791. The molecule has 32 heavy (non-hydrogen) atoms. The molecule has 0 saturated carbocycles. The highest BCUT2D eigenvalue weighted by Gasteiger charge is 2.43. The molecule has 2 saturated heterocycles. The van der Waals surface area contributed by atoms with Crippen LogP contribution in [0, 0.1) is 5.82 Å². The fourth-order valence-electron chi connectivity index (χ4n) is 5.05. The Balaban J connectivity index is 1.34. The zero-order valence-corrected chi connectivity index (χ0v) is 18.0. The molecule has 3 aromatic rings. The van der Waals surface area contributed by atoms with Gasteiger partial charge in [0, 0.05) is 23.3 Å². The summed E-state index contributed by atoms with van der Waals surface area (Å²) in [5, 5.41) is 15.9. The van der Waals surface area contributed by atoms with Crippen molar-refractivity contribution in [3.8, 4) is 5.69 Å². The van der Waals surface area contributed by atoms with Gasteiger partial charge >= 0.3 is 5.69 Å². The molecule has 2 aliphatic rings. The molecule has 11 heteroatoms. The van der Waals surface area contributed by atoms with Gasteiger partial charge in [0.2, 0.25) is 5.95 Å². The third kappa shape index (κ3) is 3.95. The van der Waals surface area contributed by atoms with Crippen molar-refractivity contribution in [1.29, 1.82) is 0 Å². The molecule has 5 rings (SSSR count). The molecule has 3 N–H and O–H groups in total. The third-order valence-corrected chi connectivity index (χ3v) is 6.36. The van der Waals surface area contributed by atoms with Crippen molar-refractivity contribution in [3.63, 3.8) is 0 Å². The van der Waals surface area contributed by atoms with Crippen LogP contribution in [0.3, 0.4) is 0 Å². The lowest BCUT2D eigenvalue weighted by molar-refractivity contribution is 0.0500. The summed E-state index contributed by atoms with van der Waals surface area (Å²) in [6.07, 6.45) is 5.47. The van der Waals surface area contributed by atoms with Gasteiger partial charge in [0.1, 0.15) is 0 Å². The van der Waals surface area contributed by atoms with E-state index < -0.39 is 11.5 Å². The largest absolute Gasteiger partial charge is 0.365 e. The standard InChI is InChI=1S/C21H26FN9O/c1-21(2)11-14(10-15-7-4-8-30(15)21)24-18-17(22)12-23-19(26-18)25-13-5-3-6-16(9-13)31-20(32)27-28-29-31/h3,5-6,9,12,14-15H,4,7-8,10-11H2,1-2H3,(H,27,29,32)(H2,23,24,25,26)/t14-,15-/m1/s1. The van der Waals surface area contributed by atoms with Crippen LogP contribution in [0.25, 0.3) is 5.69 Å². The number of H-pyrrole nitrogens is 1. The molecule has 0 spiro atoms. The van der Waals surface area contributed by atoms with E-state index in [0.29, 0.717) is 17.4 Å². The minimum atomic E-state index is -0.481. The lowest BCUT2D eigenvalue weighted by atomic mass is 9.84. The van der Waals surface area contributed by atoms with Crippen LogP contribution in [0.1, 0.15) is 39.5 Å². The number of hydrogen-bond donors (Lipinski definition) is 3. The SMILES string of the molecule is CC1(C)C[C@H](Nc2nc(Nc3cccc(-n4nn[nH]c4=O)c3)ncc2F)C[C@H]2CCCN21. The molecule has 2 aromatic heterocycles. The van der Waals surface area contributed by atoms with E-state index in [1.54, 1.807) is 24.3 Å². The van der Waals surface area contributed by atoms with Gasteiger partial charge in [-0.1, -0.05) is 6.07 Å². The predicted octanol–water partition coefficient (Wildman–Crippen LogP) is 2.45. The van der Waals surface area contributed by atoms with Gasteiger partial charge in [0.05, 0.1) is 11.9 Å². The number of anilines is 3. The first-order chi connectivity index (χ1) is 15.4. The molecule has 2 fully saturated rings. The lowest BCUT2D eigenvalue weighted by Crippen LogP contribution is -2.55. The smallest absolute Gasteiger partial charge is 0.365 e. The maximum Gasteiger partial charge on any atom is 0.365 e. The number of tetrazole rings is 1. The highest BCUT2D eigenvalue weighted by atomic mass is 19.1. The van der Waals surface area contributed by atoms with E-state index in [4.69, 9.17) is 0 Å². The van der Waals surface area contributed by atoms with Gasteiger partial charge in [0.15, 0.2) is 11.6 Å². The second-order valence-electron chi connectivity index (χ2n) is 9.07. The van der Waals surface area contributed by atoms with Gasteiger partial charge in [0.25, 0.3) is 0 Å². The van der Waals surface area contributed by atoms with E-state index in [0.717, 1.165) is 24.1 Å². The Morgan fingerprint density at radius 1 is 1.31 bits per heavy atom. The zero-order valence-electron chi connectivity index (χ0n) is 18.0. The molecular weight excluding hydrogens is 413 g/mol. The number of benzene rings is 1. The number of fused-ring (bicyclic) bond motifs is 1. The Kier molecular flexibility index (Phi) is 5.12. The summed E-state index contributed by atoms with van der Waals surface area (Å²) in [4.78, 5) is 22.8. The number of hydrogen-bond acceptors (Lipinski definition) is 8. The highest BCUT2D eigenvalue weighted by Crippen LogP contribution is 2.38. The van der Waals surface area contributed by atoms with Crippen molar-refractivity contribution in [2.45, 2.75) is 57.2 Å². The van der Waals surface area contributed by atoms with Crippen LogP contribution >= 0.6 is 0 Å². The average Bonchev–Trinajstić information content (AvgIpc) is 3.40. The lowest BCUT2D eigenvalue weighted by Gasteiger charge is -2.47. The van der Waals surface area contributed by atoms with Crippen molar-refractivity contribution in [3.05, 3.63) is 46.8 Å². The maximum atomic E-state index is 14.5. The topological polar surface area (TPSA) is 117 Å². The van der Waals surface area contributed by atoms with Crippen molar-refractivity contribution >= 4 is 17.5 Å². The molecule has 2 aliphatic heterocycles. The first-order valence-corrected chi connectivity index (χ1v) is 10.8. The predicted molar refractivity (Wildman–Crippen MR) is 118 cm³/mol. The Morgan fingerprint density at radius 3 is 3.00 bits per heavy atom. The molecule has 0 aliphatic carbocycles. The summed E-state index contributed by atoms with van der Waals surface area (Å²) in [6, 6.07) is 7.67. The van der Waals surface area contributed by atoms with E-state index in [1.807, 2.05) is 0 Å². The summed E-state index contributed by atoms with van der Waals surface area (Å²) < 4.78 is 15.7. The molecule has 0 unspecified atom stereocenters. The quantitative estimate of drug-likeness (QED) is 0.555. The summed E-state index contributed by atoms with van der Waals surface area (Å²) >= 11 is 0. The average molecular weight is 439 g/mol. The zero-order chi connectivity index (χ0) is 22.3. The number of nitrogens with zero attached hydrogens (tertiary/aromatic N) is 6. The van der Waals surface area contributed by atoms with Crippen LogP contribution in [0.5, 0.6) is 0 Å². The van der Waals surface area contributed by atoms with E-state index >= 15 is 0 Å². The molecule has 168 valence electrons. The second-order valence-corrected chi connectivity index (χ2v) is 9.07. The van der Waals surface area contributed by atoms with E-state index in [-0.39, 0.29) is 23.3 Å². The fraction of sp³-hybridized carbons (Fsp3) is 0.476. The third-order valence-electron chi connectivity index (χ3n) is 6.36. The molecule has 0 bridgehead atoms. The van der Waals surface area contributed by atoms with E-state index in [9.17, 15) is 9.18 Å². The first kappa shape index (κ1) is 20.6. The minimum absolute atomic E-state index is 0.0707. The maximum absolute atomic E-state index is 14.5. The van der Waals surface area contributed by atoms with Crippen LogP contribution in [0.4, 0.5) is 21.8 Å². The summed E-state index contributed by atoms with van der Waals surface area (Å²) in [6.45, 7) is 5.66. The van der Waals surface area contributed by atoms with E-state index in [1.165, 1.54) is 19.0 Å². The van der Waals surface area contributed by atoms with Crippen LogP contribution in [-0.4, -0.2) is 59.2 Å². The van der Waals surface area contributed by atoms with Crippen LogP contribution < -0.4 is 16.3 Å². The van der Waals surface area contributed by atoms with Crippen LogP contribution in [-0.2, 0) is 0 Å². The van der Waals surface area contributed by atoms with Crippen molar-refractivity contribution in [2.75, 3.05) is 17.2 Å². The summed E-state index contributed by atoms with van der Waals surface area (Å²) in [7, 11) is 0. The van der Waals surface area contributed by atoms with Crippen molar-refractivity contribution < 1.29 is 4.39 Å². The normalized spacial score (nSPS) is 22.5. The van der Waals surface area contributed by atoms with E-state index in [2.05, 4.69) is 54.9 Å². The Bertz CT molecular complexity index is 1170. The second kappa shape index (κ2) is 7.97. The molecule has 0 radical (unpaired) electrons. The number of aromatic amines is 1. The fourth-order valence-corrected chi connectivity index (χ4v) is 5.05. The Morgan fingerprint density at radius 2 is 2.19 bits per heavy atom. The molecule has 2 atom stereocenters. The van der Waals surface area contributed by atoms with Gasteiger partial charge in [-0.3, -0.25) is 4.90 Å². The number of aromatic nitrogens is 6. The van der Waals surface area contributed by atoms with Crippen molar-refractivity contribution in [1.82, 2.24) is 35.1 Å². The molecule has 0 amide bonds. The van der Waals surface area contributed by atoms with Gasteiger partial charge in [-0.05, 0) is 74.7 Å². The molecular formula is C21H26FN9O. The van der Waals surface area contributed by atoms with Gasteiger partial charge in [-0.25, -0.2) is 19.3 Å². The molecule has 4 heterocycles. The van der Waals surface area contributed by atoms with Crippen LogP contribution in [0.15, 0.2) is 35.3 Å². The summed E-state index contributed by atoms with van der Waals surface area (Å²) in [5.74, 6) is -0.0279. The number of rotatable bonds is 5. The first-order valence-electron chi connectivity index (χ1n) is 10.8. The van der Waals surface area contributed by atoms with Crippen LogP contribution in [0.2, 0.25) is 0 Å². The minimum Gasteiger partial charge on any atom is -0.365 e. The molecule has 10 nitrogen and oxygen atoms in total. The number of halogens is 1. The number of nitrogens with one attached hydrogen (secondary N) is 3. The van der Waals surface area contributed by atoms with Crippen molar-refractivity contribution in [2.24, 2.45) is 0 Å². The molecule has 1 aromatic carbocycles. The highest BCUT2D eigenvalue weighted by molar-refractivity contribution is 5.58.